The van der Waals surface area contributed by atoms with Crippen molar-refractivity contribution in [2.24, 2.45) is 5.92 Å². The molecule has 0 bridgehead atoms. The number of carbonyl (C=O) groups excluding carboxylic acids is 1. The molecule has 0 radical (unpaired) electrons. The summed E-state index contributed by atoms with van der Waals surface area (Å²) in [5, 5.41) is 0. The Labute approximate surface area is 102 Å². The van der Waals surface area contributed by atoms with Crippen LogP contribution in [0.5, 0.6) is 5.75 Å². The maximum Gasteiger partial charge on any atom is 0.312 e. The van der Waals surface area contributed by atoms with Gasteiger partial charge in [-0.2, -0.15) is 0 Å². The van der Waals surface area contributed by atoms with Crippen LogP contribution in [0, 0.1) is 19.8 Å². The van der Waals surface area contributed by atoms with Crippen molar-refractivity contribution >= 4 is 5.97 Å². The lowest BCUT2D eigenvalue weighted by Crippen LogP contribution is -2.30. The van der Waals surface area contributed by atoms with Gasteiger partial charge in [0.25, 0.3) is 0 Å². The molecule has 0 fully saturated rings. The lowest BCUT2D eigenvalue weighted by molar-refractivity contribution is -0.149. The molecule has 0 saturated carbocycles. The maximum absolute atomic E-state index is 11.7. The molecular formula is C14H18O3. The predicted molar refractivity (Wildman–Crippen MR) is 65.2 cm³/mol. The number of hydrogen-bond acceptors (Lipinski definition) is 3. The average Bonchev–Trinajstić information content (AvgIpc) is 2.28. The average molecular weight is 234 g/mol. The van der Waals surface area contributed by atoms with E-state index in [0.717, 1.165) is 17.7 Å². The van der Waals surface area contributed by atoms with Crippen LogP contribution < -0.4 is 4.74 Å². The second-order valence-electron chi connectivity index (χ2n) is 4.52. The number of fused-ring (bicyclic) bond motifs is 1. The van der Waals surface area contributed by atoms with Gasteiger partial charge in [-0.1, -0.05) is 6.07 Å². The topological polar surface area (TPSA) is 35.5 Å². The van der Waals surface area contributed by atoms with Gasteiger partial charge in [0.05, 0.1) is 12.5 Å². The molecule has 1 aliphatic heterocycles. The molecule has 3 heteroatoms. The molecule has 0 amide bonds. The first-order valence-electron chi connectivity index (χ1n) is 6.01. The van der Waals surface area contributed by atoms with E-state index in [2.05, 4.69) is 13.0 Å². The van der Waals surface area contributed by atoms with Gasteiger partial charge >= 0.3 is 5.97 Å². The molecule has 0 aromatic heterocycles. The van der Waals surface area contributed by atoms with Crippen LogP contribution in [0.2, 0.25) is 0 Å². The monoisotopic (exact) mass is 234 g/mol. The molecule has 17 heavy (non-hydrogen) atoms. The maximum atomic E-state index is 11.7. The highest BCUT2D eigenvalue weighted by Gasteiger charge is 2.28. The van der Waals surface area contributed by atoms with Crippen molar-refractivity contribution in [2.45, 2.75) is 27.2 Å². The summed E-state index contributed by atoms with van der Waals surface area (Å²) in [5.41, 5.74) is 3.52. The quantitative estimate of drug-likeness (QED) is 0.737. The smallest absolute Gasteiger partial charge is 0.312 e. The summed E-state index contributed by atoms with van der Waals surface area (Å²) in [7, 11) is 0. The predicted octanol–water partition coefficient (Wildman–Crippen LogP) is 2.42. The van der Waals surface area contributed by atoms with Gasteiger partial charge in [-0.3, -0.25) is 4.79 Å². The minimum Gasteiger partial charge on any atom is -0.492 e. The lowest BCUT2D eigenvalue weighted by Gasteiger charge is -2.25. The molecule has 1 aromatic carbocycles. The Kier molecular flexibility index (Phi) is 3.36. The molecule has 1 aliphatic rings. The molecule has 1 atom stereocenters. The van der Waals surface area contributed by atoms with E-state index in [4.69, 9.17) is 9.47 Å². The fourth-order valence-electron chi connectivity index (χ4n) is 2.26. The summed E-state index contributed by atoms with van der Waals surface area (Å²) in [5.74, 6) is 0.602. The molecule has 0 aliphatic carbocycles. The number of rotatable bonds is 2. The summed E-state index contributed by atoms with van der Waals surface area (Å²) in [6.45, 7) is 6.78. The number of aryl methyl sites for hydroxylation is 2. The molecule has 1 unspecified atom stereocenters. The summed E-state index contributed by atoms with van der Waals surface area (Å²) in [6.07, 6.45) is 0.723. The minimum absolute atomic E-state index is 0.155. The third-order valence-corrected chi connectivity index (χ3v) is 3.09. The summed E-state index contributed by atoms with van der Waals surface area (Å²) in [6, 6.07) is 4.15. The first kappa shape index (κ1) is 12.0. The highest BCUT2D eigenvalue weighted by molar-refractivity contribution is 5.73. The highest BCUT2D eigenvalue weighted by atomic mass is 16.5. The van der Waals surface area contributed by atoms with E-state index in [1.54, 1.807) is 0 Å². The fourth-order valence-corrected chi connectivity index (χ4v) is 2.26. The van der Waals surface area contributed by atoms with Crippen molar-refractivity contribution in [1.29, 1.82) is 0 Å². The van der Waals surface area contributed by atoms with Crippen LogP contribution >= 0.6 is 0 Å². The van der Waals surface area contributed by atoms with Crippen LogP contribution in [-0.2, 0) is 16.0 Å². The largest absolute Gasteiger partial charge is 0.492 e. The molecule has 2 rings (SSSR count). The van der Waals surface area contributed by atoms with Crippen molar-refractivity contribution in [1.82, 2.24) is 0 Å². The number of benzene rings is 1. The molecule has 0 spiro atoms. The Bertz CT molecular complexity index is 437. The van der Waals surface area contributed by atoms with Crippen molar-refractivity contribution in [3.63, 3.8) is 0 Å². The molecular weight excluding hydrogens is 216 g/mol. The minimum atomic E-state index is -0.163. The molecule has 1 heterocycles. The molecule has 0 saturated heterocycles. The van der Waals surface area contributed by atoms with Gasteiger partial charge in [0, 0.05) is 0 Å². The number of esters is 1. The van der Waals surface area contributed by atoms with Crippen LogP contribution in [0.3, 0.4) is 0 Å². The Balaban J connectivity index is 2.21. The Morgan fingerprint density at radius 3 is 2.94 bits per heavy atom. The molecule has 0 N–H and O–H groups in total. The normalized spacial score (nSPS) is 18.2. The number of ether oxygens (including phenoxy) is 2. The second-order valence-corrected chi connectivity index (χ2v) is 4.52. The summed E-state index contributed by atoms with van der Waals surface area (Å²) < 4.78 is 10.7. The Hall–Kier alpha value is -1.51. The summed E-state index contributed by atoms with van der Waals surface area (Å²) >= 11 is 0. The molecule has 1 aromatic rings. The van der Waals surface area contributed by atoms with Gasteiger partial charge in [0.15, 0.2) is 0 Å². The third kappa shape index (κ3) is 2.43. The van der Waals surface area contributed by atoms with Crippen molar-refractivity contribution in [3.05, 3.63) is 28.8 Å². The van der Waals surface area contributed by atoms with Crippen molar-refractivity contribution in [3.8, 4) is 5.75 Å². The van der Waals surface area contributed by atoms with Crippen LogP contribution in [0.25, 0.3) is 0 Å². The van der Waals surface area contributed by atoms with Gasteiger partial charge in [-0.25, -0.2) is 0 Å². The zero-order valence-electron chi connectivity index (χ0n) is 10.6. The zero-order valence-corrected chi connectivity index (χ0v) is 10.6. The second kappa shape index (κ2) is 4.78. The van der Waals surface area contributed by atoms with Crippen LogP contribution in [0.1, 0.15) is 23.6 Å². The molecule has 92 valence electrons. The van der Waals surface area contributed by atoms with E-state index >= 15 is 0 Å². The first-order valence-corrected chi connectivity index (χ1v) is 6.01. The lowest BCUT2D eigenvalue weighted by atomic mass is 9.92. The van der Waals surface area contributed by atoms with Gasteiger partial charge in [0.1, 0.15) is 12.4 Å². The number of hydrogen-bond donors (Lipinski definition) is 0. The van der Waals surface area contributed by atoms with Gasteiger partial charge in [-0.15, -0.1) is 0 Å². The van der Waals surface area contributed by atoms with E-state index in [0.29, 0.717) is 13.2 Å². The Morgan fingerprint density at radius 1 is 1.47 bits per heavy atom. The van der Waals surface area contributed by atoms with Crippen molar-refractivity contribution in [2.75, 3.05) is 13.2 Å². The standard InChI is InChI=1S/C14H18O3/c1-4-16-14(15)11-7-12-10(3)5-9(2)6-13(12)17-8-11/h5-6,11H,4,7-8H2,1-3H3. The first-order chi connectivity index (χ1) is 8.11. The SMILES string of the molecule is CCOC(=O)C1COc2cc(C)cc(C)c2C1. The van der Waals surface area contributed by atoms with Crippen LogP contribution in [0.15, 0.2) is 12.1 Å². The summed E-state index contributed by atoms with van der Waals surface area (Å²) in [4.78, 5) is 11.7. The van der Waals surface area contributed by atoms with Gasteiger partial charge in [-0.05, 0) is 49.9 Å². The van der Waals surface area contributed by atoms with Gasteiger partial charge in [0.2, 0.25) is 0 Å². The van der Waals surface area contributed by atoms with Crippen LogP contribution in [0.4, 0.5) is 0 Å². The van der Waals surface area contributed by atoms with E-state index in [1.807, 2.05) is 19.9 Å². The van der Waals surface area contributed by atoms with E-state index < -0.39 is 0 Å². The fraction of sp³-hybridized carbons (Fsp3) is 0.500. The van der Waals surface area contributed by atoms with Gasteiger partial charge < -0.3 is 9.47 Å². The zero-order chi connectivity index (χ0) is 12.4. The molecule has 3 nitrogen and oxygen atoms in total. The third-order valence-electron chi connectivity index (χ3n) is 3.09. The van der Waals surface area contributed by atoms with Crippen LogP contribution in [-0.4, -0.2) is 19.2 Å². The van der Waals surface area contributed by atoms with E-state index in [-0.39, 0.29) is 11.9 Å². The number of carbonyl (C=O) groups is 1. The van der Waals surface area contributed by atoms with E-state index in [9.17, 15) is 4.79 Å². The van der Waals surface area contributed by atoms with E-state index in [1.165, 1.54) is 11.1 Å². The Morgan fingerprint density at radius 2 is 2.24 bits per heavy atom. The highest BCUT2D eigenvalue weighted by Crippen LogP contribution is 2.31. The van der Waals surface area contributed by atoms with Crippen molar-refractivity contribution < 1.29 is 14.3 Å².